The van der Waals surface area contributed by atoms with E-state index in [4.69, 9.17) is 4.98 Å². The molecule has 3 aromatic rings. The third kappa shape index (κ3) is 3.27. The highest BCUT2D eigenvalue weighted by molar-refractivity contribution is 9.11. The van der Waals surface area contributed by atoms with Crippen molar-refractivity contribution in [2.24, 2.45) is 0 Å². The van der Waals surface area contributed by atoms with E-state index in [9.17, 15) is 0 Å². The van der Waals surface area contributed by atoms with Crippen molar-refractivity contribution in [2.45, 2.75) is 13.3 Å². The number of rotatable bonds is 3. The summed E-state index contributed by atoms with van der Waals surface area (Å²) in [5.74, 6) is 0.981. The van der Waals surface area contributed by atoms with Crippen LogP contribution in [0, 0.1) is 6.92 Å². The molecule has 21 heavy (non-hydrogen) atoms. The average molecular weight is 406 g/mol. The van der Waals surface area contributed by atoms with Gasteiger partial charge in [-0.3, -0.25) is 0 Å². The summed E-state index contributed by atoms with van der Waals surface area (Å²) < 4.78 is 2.16. The Balaban J connectivity index is 1.91. The summed E-state index contributed by atoms with van der Waals surface area (Å²) in [5.41, 5.74) is 4.49. The second-order valence-corrected chi connectivity index (χ2v) is 6.71. The second kappa shape index (κ2) is 6.16. The molecule has 2 aromatic carbocycles. The molecule has 0 aliphatic heterocycles. The minimum atomic E-state index is 0.779. The lowest BCUT2D eigenvalue weighted by atomic mass is 10.1. The van der Waals surface area contributed by atoms with Gasteiger partial charge in [0.05, 0.1) is 5.69 Å². The second-order valence-electron chi connectivity index (χ2n) is 4.94. The molecule has 4 heteroatoms. The monoisotopic (exact) mass is 404 g/mol. The Bertz CT molecular complexity index is 764. The fraction of sp³-hybridized carbons (Fsp3) is 0.118. The van der Waals surface area contributed by atoms with E-state index in [1.165, 1.54) is 5.56 Å². The fourth-order valence-corrected chi connectivity index (χ4v) is 3.52. The van der Waals surface area contributed by atoms with Crippen LogP contribution in [0.5, 0.6) is 0 Å². The molecule has 0 fully saturated rings. The fourth-order valence-electron chi connectivity index (χ4n) is 2.33. The minimum absolute atomic E-state index is 0.779. The third-order valence-electron chi connectivity index (χ3n) is 3.35. The molecule has 0 bridgehead atoms. The van der Waals surface area contributed by atoms with Gasteiger partial charge >= 0.3 is 0 Å². The zero-order valence-electron chi connectivity index (χ0n) is 11.5. The van der Waals surface area contributed by atoms with Crippen molar-refractivity contribution in [1.29, 1.82) is 0 Å². The van der Waals surface area contributed by atoms with Gasteiger partial charge in [-0.25, -0.2) is 4.98 Å². The first-order valence-electron chi connectivity index (χ1n) is 6.68. The Kier molecular flexibility index (Phi) is 4.27. The first-order valence-corrected chi connectivity index (χ1v) is 8.27. The van der Waals surface area contributed by atoms with Crippen LogP contribution in [-0.2, 0) is 6.42 Å². The van der Waals surface area contributed by atoms with Gasteiger partial charge in [-0.2, -0.15) is 0 Å². The summed E-state index contributed by atoms with van der Waals surface area (Å²) in [4.78, 5) is 8.14. The number of H-pyrrole nitrogens is 1. The summed E-state index contributed by atoms with van der Waals surface area (Å²) in [6, 6.07) is 16.5. The molecule has 0 amide bonds. The molecule has 0 saturated heterocycles. The molecule has 2 nitrogen and oxygen atoms in total. The molecule has 106 valence electrons. The van der Waals surface area contributed by atoms with Crippen LogP contribution in [0.15, 0.2) is 57.5 Å². The molecule has 0 saturated carbocycles. The molecule has 0 atom stereocenters. The summed E-state index contributed by atoms with van der Waals surface area (Å²) in [5, 5.41) is 0. The van der Waals surface area contributed by atoms with Gasteiger partial charge in [0.2, 0.25) is 0 Å². The standard InChI is InChI=1S/C17H14Br2N2/c1-11-17(12-5-3-2-4-6-12)21-16(20-11)9-13-7-8-14(18)10-15(13)19/h2-8,10H,9H2,1H3,(H,20,21). The summed E-state index contributed by atoms with van der Waals surface area (Å²) in [6.45, 7) is 2.06. The number of benzene rings is 2. The van der Waals surface area contributed by atoms with E-state index in [0.29, 0.717) is 0 Å². The van der Waals surface area contributed by atoms with Crippen molar-refractivity contribution in [3.05, 3.63) is 74.6 Å². The molecular weight excluding hydrogens is 392 g/mol. The van der Waals surface area contributed by atoms with Crippen LogP contribution in [0.4, 0.5) is 0 Å². The molecule has 0 unspecified atom stereocenters. The predicted molar refractivity (Wildman–Crippen MR) is 93.4 cm³/mol. The van der Waals surface area contributed by atoms with Crippen LogP contribution in [0.2, 0.25) is 0 Å². The smallest absolute Gasteiger partial charge is 0.111 e. The largest absolute Gasteiger partial charge is 0.345 e. The van der Waals surface area contributed by atoms with Gasteiger partial charge in [0.1, 0.15) is 5.82 Å². The summed E-state index contributed by atoms with van der Waals surface area (Å²) in [6.07, 6.45) is 0.779. The van der Waals surface area contributed by atoms with Crippen LogP contribution < -0.4 is 0 Å². The quantitative estimate of drug-likeness (QED) is 0.612. The molecule has 1 N–H and O–H groups in total. The lowest BCUT2D eigenvalue weighted by molar-refractivity contribution is 1.01. The van der Waals surface area contributed by atoms with E-state index in [0.717, 1.165) is 38.1 Å². The van der Waals surface area contributed by atoms with E-state index in [-0.39, 0.29) is 0 Å². The molecule has 0 radical (unpaired) electrons. The van der Waals surface area contributed by atoms with E-state index < -0.39 is 0 Å². The molecule has 3 rings (SSSR count). The zero-order chi connectivity index (χ0) is 14.8. The van der Waals surface area contributed by atoms with Crippen molar-refractivity contribution in [3.63, 3.8) is 0 Å². The van der Waals surface area contributed by atoms with Crippen molar-refractivity contribution >= 4 is 31.9 Å². The Labute approximate surface area is 140 Å². The van der Waals surface area contributed by atoms with Crippen molar-refractivity contribution in [1.82, 2.24) is 9.97 Å². The number of aromatic amines is 1. The normalized spacial score (nSPS) is 10.8. The number of aryl methyl sites for hydroxylation is 1. The number of hydrogen-bond acceptors (Lipinski definition) is 1. The van der Waals surface area contributed by atoms with Crippen LogP contribution in [0.1, 0.15) is 17.1 Å². The first kappa shape index (κ1) is 14.5. The molecule has 0 spiro atoms. The molecule has 1 heterocycles. The highest BCUT2D eigenvalue weighted by Crippen LogP contribution is 2.26. The van der Waals surface area contributed by atoms with Crippen molar-refractivity contribution in [3.8, 4) is 11.3 Å². The van der Waals surface area contributed by atoms with Gasteiger partial charge in [-0.05, 0) is 24.6 Å². The van der Waals surface area contributed by atoms with Gasteiger partial charge in [-0.1, -0.05) is 68.3 Å². The van der Waals surface area contributed by atoms with Gasteiger partial charge < -0.3 is 4.98 Å². The SMILES string of the molecule is Cc1[nH]c(Cc2ccc(Br)cc2Br)nc1-c1ccccc1. The topological polar surface area (TPSA) is 28.7 Å². The number of nitrogens with one attached hydrogen (secondary N) is 1. The molecule has 0 aliphatic carbocycles. The maximum atomic E-state index is 4.75. The third-order valence-corrected chi connectivity index (χ3v) is 4.59. The highest BCUT2D eigenvalue weighted by Gasteiger charge is 2.10. The summed E-state index contributed by atoms with van der Waals surface area (Å²) in [7, 11) is 0. The molecular formula is C17H14Br2N2. The number of nitrogens with zero attached hydrogens (tertiary/aromatic N) is 1. The lowest BCUT2D eigenvalue weighted by Gasteiger charge is -2.02. The van der Waals surface area contributed by atoms with Gasteiger partial charge in [0, 0.05) is 26.6 Å². The predicted octanol–water partition coefficient (Wildman–Crippen LogP) is 5.50. The first-order chi connectivity index (χ1) is 10.1. The molecule has 0 aliphatic rings. The van der Waals surface area contributed by atoms with Gasteiger partial charge in [-0.15, -0.1) is 0 Å². The minimum Gasteiger partial charge on any atom is -0.345 e. The Morgan fingerprint density at radius 2 is 1.81 bits per heavy atom. The zero-order valence-corrected chi connectivity index (χ0v) is 14.7. The Morgan fingerprint density at radius 3 is 2.52 bits per heavy atom. The number of aromatic nitrogens is 2. The Hall–Kier alpha value is -1.39. The van der Waals surface area contributed by atoms with Crippen molar-refractivity contribution < 1.29 is 0 Å². The van der Waals surface area contributed by atoms with E-state index in [1.807, 2.05) is 24.3 Å². The van der Waals surface area contributed by atoms with Crippen LogP contribution in [0.3, 0.4) is 0 Å². The molecule has 1 aromatic heterocycles. The lowest BCUT2D eigenvalue weighted by Crippen LogP contribution is -1.92. The van der Waals surface area contributed by atoms with E-state index in [1.54, 1.807) is 0 Å². The van der Waals surface area contributed by atoms with Crippen LogP contribution in [-0.4, -0.2) is 9.97 Å². The maximum Gasteiger partial charge on any atom is 0.111 e. The van der Waals surface area contributed by atoms with Crippen LogP contribution >= 0.6 is 31.9 Å². The van der Waals surface area contributed by atoms with Crippen LogP contribution in [0.25, 0.3) is 11.3 Å². The van der Waals surface area contributed by atoms with Gasteiger partial charge in [0.15, 0.2) is 0 Å². The number of imidazole rings is 1. The number of hydrogen-bond donors (Lipinski definition) is 1. The summed E-state index contributed by atoms with van der Waals surface area (Å²) >= 11 is 7.08. The van der Waals surface area contributed by atoms with Gasteiger partial charge in [0.25, 0.3) is 0 Å². The maximum absolute atomic E-state index is 4.75. The number of halogens is 2. The Morgan fingerprint density at radius 1 is 1.05 bits per heavy atom. The van der Waals surface area contributed by atoms with Crippen molar-refractivity contribution in [2.75, 3.05) is 0 Å². The average Bonchev–Trinajstić information content (AvgIpc) is 2.84. The highest BCUT2D eigenvalue weighted by atomic mass is 79.9. The van der Waals surface area contributed by atoms with E-state index in [2.05, 4.69) is 68.0 Å². The van der Waals surface area contributed by atoms with E-state index >= 15 is 0 Å².